The molecule has 19 heavy (non-hydrogen) atoms. The Hall–Kier alpha value is -1.19. The molecule has 0 aliphatic heterocycles. The summed E-state index contributed by atoms with van der Waals surface area (Å²) in [5.41, 5.74) is 1.75. The van der Waals surface area contributed by atoms with E-state index in [4.69, 9.17) is 0 Å². The summed E-state index contributed by atoms with van der Waals surface area (Å²) < 4.78 is 14.1. The summed E-state index contributed by atoms with van der Waals surface area (Å²) in [4.78, 5) is 1.36. The minimum absolute atomic E-state index is 0.0905. The fourth-order valence-corrected chi connectivity index (χ4v) is 2.99. The highest BCUT2D eigenvalue weighted by Crippen LogP contribution is 2.24. The molecule has 0 bridgehead atoms. The number of thiophene rings is 1. The van der Waals surface area contributed by atoms with E-state index in [1.165, 1.54) is 4.88 Å². The summed E-state index contributed by atoms with van der Waals surface area (Å²) >= 11 is 1.76. The van der Waals surface area contributed by atoms with Crippen LogP contribution in [0.1, 0.15) is 35.4 Å². The van der Waals surface area contributed by atoms with Crippen molar-refractivity contribution in [1.82, 2.24) is 5.32 Å². The highest BCUT2D eigenvalue weighted by Gasteiger charge is 2.15. The fourth-order valence-electron chi connectivity index (χ4n) is 2.27. The van der Waals surface area contributed by atoms with Crippen LogP contribution in [0, 0.1) is 12.7 Å². The van der Waals surface area contributed by atoms with Gasteiger partial charge in [0.05, 0.1) is 0 Å². The van der Waals surface area contributed by atoms with Gasteiger partial charge in [0.25, 0.3) is 0 Å². The van der Waals surface area contributed by atoms with Crippen LogP contribution in [0.5, 0.6) is 0 Å². The van der Waals surface area contributed by atoms with Gasteiger partial charge >= 0.3 is 0 Å². The van der Waals surface area contributed by atoms with Crippen LogP contribution < -0.4 is 5.32 Å². The lowest BCUT2D eigenvalue weighted by Gasteiger charge is -2.19. The summed E-state index contributed by atoms with van der Waals surface area (Å²) in [6.45, 7) is 4.83. The SMILES string of the molecule is CCNC(CCc1cccs1)c1ccc(C)cc1F. The number of rotatable bonds is 6. The first kappa shape index (κ1) is 14.2. The van der Waals surface area contributed by atoms with Crippen molar-refractivity contribution in [2.24, 2.45) is 0 Å². The minimum Gasteiger partial charge on any atom is -0.310 e. The van der Waals surface area contributed by atoms with Gasteiger partial charge < -0.3 is 5.32 Å². The van der Waals surface area contributed by atoms with Gasteiger partial charge in [-0.1, -0.05) is 25.1 Å². The fraction of sp³-hybridized carbons (Fsp3) is 0.375. The molecule has 1 heterocycles. The monoisotopic (exact) mass is 277 g/mol. The maximum Gasteiger partial charge on any atom is 0.128 e. The third-order valence-corrected chi connectivity index (χ3v) is 4.18. The zero-order valence-electron chi connectivity index (χ0n) is 11.4. The first-order valence-electron chi connectivity index (χ1n) is 6.72. The average molecular weight is 277 g/mol. The van der Waals surface area contributed by atoms with E-state index >= 15 is 0 Å². The number of hydrogen-bond acceptors (Lipinski definition) is 2. The number of aryl methyl sites for hydroxylation is 2. The number of benzene rings is 1. The molecule has 2 rings (SSSR count). The van der Waals surface area contributed by atoms with Crippen molar-refractivity contribution in [3.8, 4) is 0 Å². The molecule has 2 aromatic rings. The van der Waals surface area contributed by atoms with Gasteiger partial charge in [-0.2, -0.15) is 0 Å². The van der Waals surface area contributed by atoms with Crippen molar-refractivity contribution in [3.05, 3.63) is 57.5 Å². The Morgan fingerprint density at radius 2 is 2.16 bits per heavy atom. The molecule has 1 aromatic heterocycles. The standard InChI is InChI=1S/C16H20FNS/c1-3-18-16(9-7-13-5-4-10-19-13)14-8-6-12(2)11-15(14)17/h4-6,8,10-11,16,18H,3,7,9H2,1-2H3. The summed E-state index contributed by atoms with van der Waals surface area (Å²) in [6, 6.07) is 9.80. The lowest BCUT2D eigenvalue weighted by atomic mass is 9.99. The van der Waals surface area contributed by atoms with Gasteiger partial charge in [-0.3, -0.25) is 0 Å². The summed E-state index contributed by atoms with van der Waals surface area (Å²) in [6.07, 6.45) is 1.91. The Bertz CT molecular complexity index is 507. The first-order chi connectivity index (χ1) is 9.20. The molecule has 0 saturated carbocycles. The van der Waals surface area contributed by atoms with Gasteiger partial charge in [0.15, 0.2) is 0 Å². The van der Waals surface area contributed by atoms with Crippen molar-refractivity contribution < 1.29 is 4.39 Å². The molecule has 1 atom stereocenters. The molecule has 0 fully saturated rings. The van der Waals surface area contributed by atoms with Crippen LogP contribution in [-0.2, 0) is 6.42 Å². The maximum absolute atomic E-state index is 14.1. The molecular formula is C16H20FNS. The maximum atomic E-state index is 14.1. The zero-order chi connectivity index (χ0) is 13.7. The third kappa shape index (κ3) is 3.88. The topological polar surface area (TPSA) is 12.0 Å². The summed E-state index contributed by atoms with van der Waals surface area (Å²) in [5, 5.41) is 5.47. The van der Waals surface area contributed by atoms with Crippen LogP contribution in [0.3, 0.4) is 0 Å². The molecule has 1 unspecified atom stereocenters. The van der Waals surface area contributed by atoms with E-state index < -0.39 is 0 Å². The average Bonchev–Trinajstić information content (AvgIpc) is 2.88. The van der Waals surface area contributed by atoms with Gasteiger partial charge in [0.1, 0.15) is 5.82 Å². The van der Waals surface area contributed by atoms with E-state index in [1.807, 2.05) is 19.1 Å². The smallest absolute Gasteiger partial charge is 0.128 e. The Kier molecular flexibility index (Phi) is 5.11. The normalized spacial score (nSPS) is 12.6. The Morgan fingerprint density at radius 1 is 1.32 bits per heavy atom. The van der Waals surface area contributed by atoms with Gasteiger partial charge in [-0.05, 0) is 49.4 Å². The molecule has 1 aromatic carbocycles. The molecule has 0 aliphatic rings. The van der Waals surface area contributed by atoms with Crippen molar-refractivity contribution in [2.45, 2.75) is 32.7 Å². The van der Waals surface area contributed by atoms with Crippen LogP contribution in [0.4, 0.5) is 4.39 Å². The van der Waals surface area contributed by atoms with Crippen LogP contribution in [0.15, 0.2) is 35.7 Å². The summed E-state index contributed by atoms with van der Waals surface area (Å²) in [5.74, 6) is -0.0999. The lowest BCUT2D eigenvalue weighted by Crippen LogP contribution is -2.22. The largest absolute Gasteiger partial charge is 0.310 e. The third-order valence-electron chi connectivity index (χ3n) is 3.24. The molecule has 0 radical (unpaired) electrons. The van der Waals surface area contributed by atoms with Gasteiger partial charge in [0.2, 0.25) is 0 Å². The van der Waals surface area contributed by atoms with Crippen molar-refractivity contribution in [3.63, 3.8) is 0 Å². The molecule has 102 valence electrons. The van der Waals surface area contributed by atoms with Crippen LogP contribution in [0.2, 0.25) is 0 Å². The molecule has 3 heteroatoms. The molecule has 0 spiro atoms. The second kappa shape index (κ2) is 6.83. The predicted molar refractivity (Wildman–Crippen MR) is 80.2 cm³/mol. The Morgan fingerprint density at radius 3 is 2.79 bits per heavy atom. The highest BCUT2D eigenvalue weighted by atomic mass is 32.1. The zero-order valence-corrected chi connectivity index (χ0v) is 12.3. The van der Waals surface area contributed by atoms with Gasteiger partial charge in [-0.25, -0.2) is 4.39 Å². The van der Waals surface area contributed by atoms with E-state index in [0.29, 0.717) is 0 Å². The van der Waals surface area contributed by atoms with E-state index in [9.17, 15) is 4.39 Å². The van der Waals surface area contributed by atoms with Crippen molar-refractivity contribution >= 4 is 11.3 Å². The number of hydrogen-bond donors (Lipinski definition) is 1. The van der Waals surface area contributed by atoms with E-state index in [1.54, 1.807) is 17.4 Å². The lowest BCUT2D eigenvalue weighted by molar-refractivity contribution is 0.486. The second-order valence-electron chi connectivity index (χ2n) is 4.75. The van der Waals surface area contributed by atoms with Crippen LogP contribution >= 0.6 is 11.3 Å². The molecule has 1 N–H and O–H groups in total. The summed E-state index contributed by atoms with van der Waals surface area (Å²) in [7, 11) is 0. The molecule has 0 amide bonds. The Labute approximate surface area is 118 Å². The molecular weight excluding hydrogens is 257 g/mol. The molecule has 1 nitrogen and oxygen atoms in total. The van der Waals surface area contributed by atoms with Crippen LogP contribution in [-0.4, -0.2) is 6.54 Å². The van der Waals surface area contributed by atoms with Crippen molar-refractivity contribution in [1.29, 1.82) is 0 Å². The van der Waals surface area contributed by atoms with Gasteiger partial charge in [-0.15, -0.1) is 11.3 Å². The quantitative estimate of drug-likeness (QED) is 0.821. The van der Waals surface area contributed by atoms with Gasteiger partial charge in [0, 0.05) is 16.5 Å². The Balaban J connectivity index is 2.10. The molecule has 0 aliphatic carbocycles. The minimum atomic E-state index is -0.0999. The van der Waals surface area contributed by atoms with E-state index in [2.05, 4.69) is 29.8 Å². The highest BCUT2D eigenvalue weighted by molar-refractivity contribution is 7.09. The van der Waals surface area contributed by atoms with Crippen molar-refractivity contribution in [2.75, 3.05) is 6.54 Å². The predicted octanol–water partition coefficient (Wildman–Crippen LogP) is 4.48. The first-order valence-corrected chi connectivity index (χ1v) is 7.60. The van der Waals surface area contributed by atoms with E-state index in [-0.39, 0.29) is 11.9 Å². The second-order valence-corrected chi connectivity index (χ2v) is 5.79. The number of halogens is 1. The molecule has 0 saturated heterocycles. The van der Waals surface area contributed by atoms with E-state index in [0.717, 1.165) is 30.5 Å². The van der Waals surface area contributed by atoms with Crippen LogP contribution in [0.25, 0.3) is 0 Å². The number of nitrogens with one attached hydrogen (secondary N) is 1.